The van der Waals surface area contributed by atoms with E-state index in [0.29, 0.717) is 0 Å². The van der Waals surface area contributed by atoms with Crippen LogP contribution < -0.4 is 10.6 Å². The van der Waals surface area contributed by atoms with Gasteiger partial charge in [-0.1, -0.05) is 127 Å². The Bertz CT molecular complexity index is 3320. The molecule has 0 saturated heterocycles. The second-order valence-corrected chi connectivity index (χ2v) is 15.9. The highest BCUT2D eigenvalue weighted by atomic mass is 32.1. The van der Waals surface area contributed by atoms with Crippen LogP contribution in [0.15, 0.2) is 191 Å². The molecule has 270 valence electrons. The Morgan fingerprint density at radius 3 is 2.02 bits per heavy atom. The average molecular weight is 751 g/mol. The van der Waals surface area contributed by atoms with Gasteiger partial charge in [0.1, 0.15) is 29.3 Å². The molecular weight excluding hydrogens is 717 g/mol. The minimum absolute atomic E-state index is 0.0795. The number of furan rings is 1. The summed E-state index contributed by atoms with van der Waals surface area (Å²) in [5.41, 5.74) is 11.0. The van der Waals surface area contributed by atoms with Gasteiger partial charge in [-0.15, -0.1) is 11.3 Å². The molecule has 4 heterocycles. The molecule has 1 aliphatic heterocycles. The van der Waals surface area contributed by atoms with Crippen LogP contribution in [0.3, 0.4) is 0 Å². The van der Waals surface area contributed by atoms with E-state index in [2.05, 4.69) is 191 Å². The van der Waals surface area contributed by atoms with E-state index in [0.717, 1.165) is 50.2 Å². The number of para-hydroxylation sites is 2. The van der Waals surface area contributed by atoms with Gasteiger partial charge in [0, 0.05) is 41.9 Å². The molecule has 3 aromatic heterocycles. The Balaban J connectivity index is 0.949. The largest absolute Gasteiger partial charge is 0.456 e. The zero-order chi connectivity index (χ0) is 37.5. The monoisotopic (exact) mass is 750 g/mol. The van der Waals surface area contributed by atoms with Crippen LogP contribution >= 0.6 is 11.3 Å². The molecule has 2 unspecified atom stereocenters. The van der Waals surface area contributed by atoms with Gasteiger partial charge in [-0.25, -0.2) is 4.99 Å². The van der Waals surface area contributed by atoms with Gasteiger partial charge < -0.3 is 14.3 Å². The van der Waals surface area contributed by atoms with Crippen LogP contribution in [0.2, 0.25) is 0 Å². The molecule has 8 aromatic carbocycles. The van der Waals surface area contributed by atoms with E-state index in [1.807, 2.05) is 17.4 Å². The lowest BCUT2D eigenvalue weighted by molar-refractivity contribution is 0.409. The van der Waals surface area contributed by atoms with Gasteiger partial charge in [0.05, 0.1) is 22.1 Å². The van der Waals surface area contributed by atoms with Crippen molar-refractivity contribution in [2.75, 3.05) is 0 Å². The van der Waals surface area contributed by atoms with Gasteiger partial charge in [0.15, 0.2) is 0 Å². The summed E-state index contributed by atoms with van der Waals surface area (Å²) in [6.45, 7) is 0. The van der Waals surface area contributed by atoms with Crippen LogP contribution in [0, 0.1) is 0 Å². The molecular formula is C51H34N4OS. The highest BCUT2D eigenvalue weighted by Gasteiger charge is 2.26. The lowest BCUT2D eigenvalue weighted by atomic mass is 10.00. The summed E-state index contributed by atoms with van der Waals surface area (Å²) in [5.74, 6) is 0.887. The van der Waals surface area contributed by atoms with Crippen LogP contribution in [-0.2, 0) is 0 Å². The maximum Gasteiger partial charge on any atom is 0.137 e. The third-order valence-corrected chi connectivity index (χ3v) is 12.6. The van der Waals surface area contributed by atoms with Crippen molar-refractivity contribution in [2.24, 2.45) is 4.99 Å². The number of nitrogens with zero attached hydrogens (tertiary/aromatic N) is 2. The number of hydrogen-bond donors (Lipinski definition) is 2. The molecule has 0 radical (unpaired) electrons. The second-order valence-electron chi connectivity index (χ2n) is 14.8. The number of amidine groups is 1. The quantitative estimate of drug-likeness (QED) is 0.184. The van der Waals surface area contributed by atoms with E-state index in [1.54, 1.807) is 0 Å². The molecule has 0 bridgehead atoms. The van der Waals surface area contributed by atoms with Crippen molar-refractivity contribution in [2.45, 2.75) is 12.3 Å². The van der Waals surface area contributed by atoms with Crippen LogP contribution in [0.25, 0.3) is 80.7 Å². The number of rotatable bonds is 5. The number of nitrogens with one attached hydrogen (secondary N) is 2. The fourth-order valence-corrected chi connectivity index (χ4v) is 9.92. The predicted octanol–water partition coefficient (Wildman–Crippen LogP) is 13.1. The number of aromatic nitrogens is 1. The molecule has 6 heteroatoms. The second kappa shape index (κ2) is 12.8. The minimum Gasteiger partial charge on any atom is -0.456 e. The first-order valence-corrected chi connectivity index (χ1v) is 20.2. The van der Waals surface area contributed by atoms with Gasteiger partial charge >= 0.3 is 0 Å². The van der Waals surface area contributed by atoms with Crippen molar-refractivity contribution in [1.29, 1.82) is 0 Å². The van der Waals surface area contributed by atoms with E-state index in [-0.39, 0.29) is 12.3 Å². The summed E-state index contributed by atoms with van der Waals surface area (Å²) in [4.78, 5) is 5.21. The molecule has 11 aromatic rings. The highest BCUT2D eigenvalue weighted by molar-refractivity contribution is 7.25. The topological polar surface area (TPSA) is 54.5 Å². The van der Waals surface area contributed by atoms with Crippen molar-refractivity contribution in [3.05, 3.63) is 199 Å². The van der Waals surface area contributed by atoms with Crippen LogP contribution in [-0.4, -0.2) is 10.4 Å². The van der Waals surface area contributed by atoms with E-state index in [9.17, 15) is 0 Å². The maximum absolute atomic E-state index is 6.51. The Kier molecular flexibility index (Phi) is 7.24. The van der Waals surface area contributed by atoms with Gasteiger partial charge in [-0.05, 0) is 76.9 Å². The molecule has 0 aliphatic carbocycles. The zero-order valence-corrected chi connectivity index (χ0v) is 31.5. The third-order valence-electron chi connectivity index (χ3n) is 11.5. The smallest absolute Gasteiger partial charge is 0.137 e. The van der Waals surface area contributed by atoms with Gasteiger partial charge in [-0.3, -0.25) is 5.32 Å². The summed E-state index contributed by atoms with van der Waals surface area (Å²) in [7, 11) is 0. The van der Waals surface area contributed by atoms with Crippen LogP contribution in [0.4, 0.5) is 0 Å². The summed E-state index contributed by atoms with van der Waals surface area (Å²) >= 11 is 1.84. The molecule has 1 aliphatic rings. The number of thiophene rings is 1. The summed E-state index contributed by atoms with van der Waals surface area (Å²) in [6.07, 6.45) is -0.293. The standard InChI is InChI=1S/C51H34N4OS/c1-3-12-31(13-4-1)49-52-50(32-14-5-2-6-15-32)54-51(53-49)35-24-27-46-39(29-35)38-25-22-34(30-47(38)57-46)33-23-26-44-40(28-33)48-43(20-11-21-45(48)56-44)55-41-18-9-7-16-36(41)37-17-8-10-19-42(37)55/h1-30,49,51,53H,(H,52,54). The van der Waals surface area contributed by atoms with Crippen LogP contribution in [0.5, 0.6) is 0 Å². The van der Waals surface area contributed by atoms with Gasteiger partial charge in [-0.2, -0.15) is 0 Å². The molecule has 2 N–H and O–H groups in total. The number of benzene rings is 8. The molecule has 12 rings (SSSR count). The van der Waals surface area contributed by atoms with E-state index in [1.165, 1.54) is 53.1 Å². The normalized spacial score (nSPS) is 15.9. The zero-order valence-electron chi connectivity index (χ0n) is 30.7. The van der Waals surface area contributed by atoms with Gasteiger partial charge in [0.25, 0.3) is 0 Å². The first-order chi connectivity index (χ1) is 28.2. The Labute approximate surface area is 332 Å². The predicted molar refractivity (Wildman–Crippen MR) is 238 cm³/mol. The fraction of sp³-hybridized carbons (Fsp3) is 0.0392. The number of aliphatic imine (C=N–C) groups is 1. The van der Waals surface area contributed by atoms with Crippen LogP contribution in [0.1, 0.15) is 29.0 Å². The van der Waals surface area contributed by atoms with E-state index >= 15 is 0 Å². The highest BCUT2D eigenvalue weighted by Crippen LogP contribution is 2.42. The lowest BCUT2D eigenvalue weighted by Gasteiger charge is -2.32. The van der Waals surface area contributed by atoms with Crippen molar-refractivity contribution in [3.8, 4) is 16.8 Å². The molecule has 0 fully saturated rings. The Hall–Kier alpha value is -6.99. The maximum atomic E-state index is 6.51. The van der Waals surface area contributed by atoms with Crippen molar-refractivity contribution in [1.82, 2.24) is 15.2 Å². The number of hydrogen-bond acceptors (Lipinski definition) is 5. The van der Waals surface area contributed by atoms with Crippen molar-refractivity contribution < 1.29 is 4.42 Å². The first kappa shape index (κ1) is 32.3. The Morgan fingerprint density at radius 2 is 1.21 bits per heavy atom. The van der Waals surface area contributed by atoms with E-state index in [4.69, 9.17) is 9.41 Å². The molecule has 5 nitrogen and oxygen atoms in total. The van der Waals surface area contributed by atoms with Crippen molar-refractivity contribution in [3.63, 3.8) is 0 Å². The lowest BCUT2D eigenvalue weighted by Crippen LogP contribution is -2.44. The molecule has 57 heavy (non-hydrogen) atoms. The molecule has 0 spiro atoms. The van der Waals surface area contributed by atoms with E-state index < -0.39 is 0 Å². The average Bonchev–Trinajstić information content (AvgIpc) is 3.95. The molecule has 2 atom stereocenters. The summed E-state index contributed by atoms with van der Waals surface area (Å²) in [5, 5.41) is 14.6. The first-order valence-electron chi connectivity index (χ1n) is 19.3. The van der Waals surface area contributed by atoms with Gasteiger partial charge in [0.2, 0.25) is 0 Å². The Morgan fingerprint density at radius 1 is 0.491 bits per heavy atom. The number of fused-ring (bicyclic) bond motifs is 9. The third kappa shape index (κ3) is 5.22. The summed E-state index contributed by atoms with van der Waals surface area (Å²) in [6, 6.07) is 65.0. The fourth-order valence-electron chi connectivity index (χ4n) is 8.79. The molecule has 0 amide bonds. The molecule has 0 saturated carbocycles. The SMILES string of the molecule is c1ccc(C2=NC(c3ccc4sc5cc(-c6ccc7oc8cccc(-n9c%10ccccc%10c%10ccccc%109)c8c7c6)ccc5c4c3)NC(c3ccccc3)N2)cc1. The minimum atomic E-state index is -0.214. The van der Waals surface area contributed by atoms with Crippen molar-refractivity contribution >= 4 is 81.1 Å². The summed E-state index contributed by atoms with van der Waals surface area (Å²) < 4.78 is 11.4.